The summed E-state index contributed by atoms with van der Waals surface area (Å²) >= 11 is 0. The Morgan fingerprint density at radius 2 is 1.74 bits per heavy atom. The number of nitro benzene ring substituents is 1. The van der Waals surface area contributed by atoms with Crippen LogP contribution in [0.3, 0.4) is 0 Å². The van der Waals surface area contributed by atoms with Gasteiger partial charge in [-0.15, -0.1) is 0 Å². The zero-order valence-corrected chi connectivity index (χ0v) is 16.2. The molecule has 1 atom stereocenters. The molecule has 0 saturated carbocycles. The van der Waals surface area contributed by atoms with Gasteiger partial charge in [0.2, 0.25) is 0 Å². The van der Waals surface area contributed by atoms with Crippen molar-refractivity contribution in [3.63, 3.8) is 0 Å². The molecule has 2 heterocycles. The van der Waals surface area contributed by atoms with Gasteiger partial charge in [-0.2, -0.15) is 0 Å². The predicted molar refractivity (Wildman–Crippen MR) is 112 cm³/mol. The number of non-ortho nitro benzene ring substituents is 1. The molecule has 31 heavy (non-hydrogen) atoms. The molecular weight excluding hydrogens is 398 g/mol. The van der Waals surface area contributed by atoms with E-state index in [2.05, 4.69) is 4.98 Å². The third kappa shape index (κ3) is 3.78. The van der Waals surface area contributed by atoms with Gasteiger partial charge < -0.3 is 10.0 Å². The highest BCUT2D eigenvalue weighted by Crippen LogP contribution is 2.40. The molecule has 1 N–H and O–H groups in total. The van der Waals surface area contributed by atoms with Gasteiger partial charge in [-0.05, 0) is 29.3 Å². The van der Waals surface area contributed by atoms with Crippen molar-refractivity contribution in [3.8, 4) is 0 Å². The zero-order valence-electron chi connectivity index (χ0n) is 16.2. The van der Waals surface area contributed by atoms with Crippen molar-refractivity contribution in [1.29, 1.82) is 0 Å². The van der Waals surface area contributed by atoms with Gasteiger partial charge in [0.25, 0.3) is 17.4 Å². The summed E-state index contributed by atoms with van der Waals surface area (Å²) in [5, 5.41) is 22.0. The topological polar surface area (TPSA) is 114 Å². The fourth-order valence-corrected chi connectivity index (χ4v) is 3.61. The first kappa shape index (κ1) is 20.0. The molecule has 1 aliphatic rings. The van der Waals surface area contributed by atoms with Gasteiger partial charge in [0, 0.05) is 36.6 Å². The number of amides is 1. The maximum atomic E-state index is 12.9. The van der Waals surface area contributed by atoms with Crippen LogP contribution < -0.4 is 0 Å². The van der Waals surface area contributed by atoms with Gasteiger partial charge in [-0.1, -0.05) is 36.4 Å². The maximum Gasteiger partial charge on any atom is 0.295 e. The molecule has 0 aliphatic carbocycles. The number of carbonyl (C=O) groups is 2. The lowest BCUT2D eigenvalue weighted by Gasteiger charge is -2.25. The van der Waals surface area contributed by atoms with Crippen LogP contribution in [0.15, 0.2) is 84.7 Å². The molecule has 2 aromatic carbocycles. The highest BCUT2D eigenvalue weighted by Gasteiger charge is 2.46. The number of carbonyl (C=O) groups excluding carboxylic acids is 2. The van der Waals surface area contributed by atoms with E-state index in [0.717, 1.165) is 0 Å². The molecule has 1 saturated heterocycles. The molecule has 1 unspecified atom stereocenters. The van der Waals surface area contributed by atoms with Crippen LogP contribution in [0.4, 0.5) is 5.69 Å². The van der Waals surface area contributed by atoms with Crippen molar-refractivity contribution < 1.29 is 19.6 Å². The third-order valence-electron chi connectivity index (χ3n) is 5.08. The average Bonchev–Trinajstić information content (AvgIpc) is 3.05. The number of aliphatic hydroxyl groups excluding tert-OH is 1. The first-order valence-corrected chi connectivity index (χ1v) is 9.44. The Bertz CT molecular complexity index is 1170. The second kappa shape index (κ2) is 8.19. The van der Waals surface area contributed by atoms with E-state index in [4.69, 9.17) is 0 Å². The van der Waals surface area contributed by atoms with Crippen LogP contribution in [0.2, 0.25) is 0 Å². The molecule has 1 aromatic heterocycles. The van der Waals surface area contributed by atoms with Crippen LogP contribution in [-0.4, -0.2) is 31.6 Å². The number of hydrogen-bond donors (Lipinski definition) is 1. The molecule has 1 amide bonds. The second-order valence-electron chi connectivity index (χ2n) is 7.00. The van der Waals surface area contributed by atoms with Crippen LogP contribution in [0.1, 0.15) is 22.7 Å². The number of rotatable bonds is 5. The van der Waals surface area contributed by atoms with Crippen molar-refractivity contribution in [1.82, 2.24) is 9.88 Å². The Morgan fingerprint density at radius 1 is 1.03 bits per heavy atom. The number of nitrogens with zero attached hydrogens (tertiary/aromatic N) is 3. The Hall–Kier alpha value is -4.33. The number of Topliss-reactive ketones (excluding diaryl/α,β-unsaturated/α-hetero) is 1. The summed E-state index contributed by atoms with van der Waals surface area (Å²) in [7, 11) is 0. The minimum absolute atomic E-state index is 0.0612. The van der Waals surface area contributed by atoms with Crippen LogP contribution in [0.5, 0.6) is 0 Å². The maximum absolute atomic E-state index is 12.9. The Balaban J connectivity index is 1.85. The van der Waals surface area contributed by atoms with Gasteiger partial charge in [0.15, 0.2) is 0 Å². The highest BCUT2D eigenvalue weighted by molar-refractivity contribution is 6.46. The molecule has 0 bridgehead atoms. The van der Waals surface area contributed by atoms with Crippen molar-refractivity contribution in [3.05, 3.63) is 112 Å². The standard InChI is InChI=1S/C23H17N3O5/c27-21(17-6-2-1-3-7-17)19-20(16-8-10-18(11-9-16)26(30)31)25(23(29)22(19)28)14-15-5-4-12-24-13-15/h1-13,20,27H,14H2/b21-19+. The van der Waals surface area contributed by atoms with Crippen molar-refractivity contribution in [2.75, 3.05) is 0 Å². The van der Waals surface area contributed by atoms with E-state index in [0.29, 0.717) is 16.7 Å². The molecule has 1 aliphatic heterocycles. The lowest BCUT2D eigenvalue weighted by atomic mass is 9.95. The third-order valence-corrected chi connectivity index (χ3v) is 5.08. The van der Waals surface area contributed by atoms with Crippen LogP contribution in [0, 0.1) is 10.1 Å². The van der Waals surface area contributed by atoms with Gasteiger partial charge in [0.1, 0.15) is 5.76 Å². The fourth-order valence-electron chi connectivity index (χ4n) is 3.61. The highest BCUT2D eigenvalue weighted by atomic mass is 16.6. The lowest BCUT2D eigenvalue weighted by molar-refractivity contribution is -0.384. The first-order chi connectivity index (χ1) is 15.0. The van der Waals surface area contributed by atoms with Crippen LogP contribution >= 0.6 is 0 Å². The SMILES string of the molecule is O=C1C(=O)N(Cc2cccnc2)C(c2ccc([N+](=O)[O-])cc2)/C1=C(\O)c1ccccc1. The molecule has 4 rings (SSSR count). The molecule has 0 spiro atoms. The monoisotopic (exact) mass is 415 g/mol. The summed E-state index contributed by atoms with van der Waals surface area (Å²) in [5.74, 6) is -1.87. The number of likely N-dealkylation sites (tertiary alicyclic amines) is 1. The number of aliphatic hydroxyl groups is 1. The summed E-state index contributed by atoms with van der Waals surface area (Å²) in [5.41, 5.74) is 1.40. The number of aromatic nitrogens is 1. The van der Waals surface area contributed by atoms with Gasteiger partial charge in [-0.3, -0.25) is 24.7 Å². The largest absolute Gasteiger partial charge is 0.507 e. The number of pyridine rings is 1. The molecule has 154 valence electrons. The van der Waals surface area contributed by atoms with E-state index in [1.165, 1.54) is 29.2 Å². The zero-order chi connectivity index (χ0) is 22.0. The number of nitro groups is 1. The van der Waals surface area contributed by atoms with Crippen LogP contribution in [-0.2, 0) is 16.1 Å². The molecular formula is C23H17N3O5. The molecule has 1 fully saturated rings. The predicted octanol–water partition coefficient (Wildman–Crippen LogP) is 3.61. The molecule has 8 heteroatoms. The van der Waals surface area contributed by atoms with Crippen molar-refractivity contribution >= 4 is 23.1 Å². The number of hydrogen-bond acceptors (Lipinski definition) is 6. The van der Waals surface area contributed by atoms with Gasteiger partial charge in [-0.25, -0.2) is 0 Å². The van der Waals surface area contributed by atoms with E-state index in [1.54, 1.807) is 54.9 Å². The minimum atomic E-state index is -0.902. The van der Waals surface area contributed by atoms with E-state index in [-0.39, 0.29) is 23.6 Å². The Labute approximate surface area is 177 Å². The van der Waals surface area contributed by atoms with Crippen molar-refractivity contribution in [2.24, 2.45) is 0 Å². The lowest BCUT2D eigenvalue weighted by Crippen LogP contribution is -2.29. The van der Waals surface area contributed by atoms with E-state index in [9.17, 15) is 24.8 Å². The summed E-state index contributed by atoms with van der Waals surface area (Å²) in [6.07, 6.45) is 3.18. The quantitative estimate of drug-likeness (QED) is 0.224. The van der Waals surface area contributed by atoms with Gasteiger partial charge >= 0.3 is 0 Å². The second-order valence-corrected chi connectivity index (χ2v) is 7.00. The smallest absolute Gasteiger partial charge is 0.295 e. The number of benzene rings is 2. The minimum Gasteiger partial charge on any atom is -0.507 e. The van der Waals surface area contributed by atoms with Crippen molar-refractivity contribution in [2.45, 2.75) is 12.6 Å². The van der Waals surface area contributed by atoms with E-state index in [1.807, 2.05) is 0 Å². The Morgan fingerprint density at radius 3 is 2.35 bits per heavy atom. The summed E-state index contributed by atoms with van der Waals surface area (Å²) < 4.78 is 0. The summed E-state index contributed by atoms with van der Waals surface area (Å²) in [6.45, 7) is 0.0889. The normalized spacial score (nSPS) is 17.7. The summed E-state index contributed by atoms with van der Waals surface area (Å²) in [4.78, 5) is 41.8. The van der Waals surface area contributed by atoms with E-state index >= 15 is 0 Å². The molecule has 0 radical (unpaired) electrons. The van der Waals surface area contributed by atoms with E-state index < -0.39 is 22.7 Å². The molecule has 3 aromatic rings. The first-order valence-electron chi connectivity index (χ1n) is 9.44. The fraction of sp³-hybridized carbons (Fsp3) is 0.0870. The Kier molecular flexibility index (Phi) is 5.28. The van der Waals surface area contributed by atoms with Crippen LogP contribution in [0.25, 0.3) is 5.76 Å². The average molecular weight is 415 g/mol. The molecule has 8 nitrogen and oxygen atoms in total. The van der Waals surface area contributed by atoms with Gasteiger partial charge in [0.05, 0.1) is 16.5 Å². The number of ketones is 1. The summed E-state index contributed by atoms with van der Waals surface area (Å²) in [6, 6.07) is 16.6.